The zero-order chi connectivity index (χ0) is 19.0. The van der Waals surface area contributed by atoms with Crippen LogP contribution in [-0.4, -0.2) is 26.1 Å². The number of hydrogen-bond donors (Lipinski definition) is 2. The second kappa shape index (κ2) is 6.74. The fourth-order valence-electron chi connectivity index (χ4n) is 3.26. The van der Waals surface area contributed by atoms with Gasteiger partial charge in [0.15, 0.2) is 4.75 Å². The predicted molar refractivity (Wildman–Crippen MR) is 107 cm³/mol. The standard InChI is InChI=1S/C20H20N4O2S/c1-3-24-15-10-6-4-8-13(15)22-17(24)12-21-18(25)20(2)19(26)23-14-9-5-7-11-16(14)27-20/h4-11H,3,12H2,1-2H3,(H,21,25)(H,23,26). The summed E-state index contributed by atoms with van der Waals surface area (Å²) in [6.07, 6.45) is 0. The van der Waals surface area contributed by atoms with E-state index in [1.165, 1.54) is 11.8 Å². The number of aromatic nitrogens is 2. The Hall–Kier alpha value is -2.80. The molecule has 4 rings (SSSR count). The largest absolute Gasteiger partial charge is 0.347 e. The summed E-state index contributed by atoms with van der Waals surface area (Å²) in [4.78, 5) is 31.0. The first kappa shape index (κ1) is 17.6. The smallest absolute Gasteiger partial charge is 0.250 e. The van der Waals surface area contributed by atoms with Crippen LogP contribution < -0.4 is 10.6 Å². The normalized spacial score (nSPS) is 18.8. The number of amides is 2. The van der Waals surface area contributed by atoms with Crippen molar-refractivity contribution in [1.29, 1.82) is 0 Å². The molecule has 2 aromatic carbocycles. The molecular formula is C20H20N4O2S. The number of hydrogen-bond acceptors (Lipinski definition) is 4. The zero-order valence-electron chi connectivity index (χ0n) is 15.2. The summed E-state index contributed by atoms with van der Waals surface area (Å²) >= 11 is 1.27. The Morgan fingerprint density at radius 3 is 2.78 bits per heavy atom. The maximum absolute atomic E-state index is 12.9. The minimum atomic E-state index is -1.22. The maximum Gasteiger partial charge on any atom is 0.250 e. The van der Waals surface area contributed by atoms with Gasteiger partial charge in [-0.25, -0.2) is 4.98 Å². The Bertz CT molecular complexity index is 1050. The van der Waals surface area contributed by atoms with Crippen molar-refractivity contribution in [1.82, 2.24) is 14.9 Å². The number of fused-ring (bicyclic) bond motifs is 2. The lowest BCUT2D eigenvalue weighted by Gasteiger charge is -2.31. The predicted octanol–water partition coefficient (Wildman–Crippen LogP) is 3.18. The van der Waals surface area contributed by atoms with Crippen LogP contribution in [0.5, 0.6) is 0 Å². The van der Waals surface area contributed by atoms with E-state index in [1.54, 1.807) is 6.92 Å². The van der Waals surface area contributed by atoms with Crippen LogP contribution >= 0.6 is 11.8 Å². The number of nitrogens with zero attached hydrogens (tertiary/aromatic N) is 2. The third-order valence-electron chi connectivity index (χ3n) is 4.77. The van der Waals surface area contributed by atoms with E-state index in [-0.39, 0.29) is 18.4 Å². The molecule has 0 bridgehead atoms. The van der Waals surface area contributed by atoms with E-state index in [0.29, 0.717) is 0 Å². The van der Waals surface area contributed by atoms with Crippen LogP contribution in [0.2, 0.25) is 0 Å². The number of thioether (sulfide) groups is 1. The van der Waals surface area contributed by atoms with E-state index >= 15 is 0 Å². The Labute approximate surface area is 161 Å². The Morgan fingerprint density at radius 1 is 1.22 bits per heavy atom. The van der Waals surface area contributed by atoms with Gasteiger partial charge in [-0.1, -0.05) is 36.0 Å². The number of aryl methyl sites for hydroxylation is 1. The van der Waals surface area contributed by atoms with Gasteiger partial charge in [0.2, 0.25) is 11.8 Å². The summed E-state index contributed by atoms with van der Waals surface area (Å²) in [5, 5.41) is 5.73. The number of rotatable bonds is 4. The van der Waals surface area contributed by atoms with Crippen molar-refractivity contribution in [3.8, 4) is 0 Å². The molecule has 0 fully saturated rings. The van der Waals surface area contributed by atoms with Crippen molar-refractivity contribution in [2.45, 2.75) is 36.6 Å². The van der Waals surface area contributed by atoms with Crippen LogP contribution in [0.15, 0.2) is 53.4 Å². The van der Waals surface area contributed by atoms with Crippen molar-refractivity contribution in [2.75, 3.05) is 5.32 Å². The summed E-state index contributed by atoms with van der Waals surface area (Å²) < 4.78 is 0.846. The molecule has 0 saturated heterocycles. The molecule has 0 spiro atoms. The maximum atomic E-state index is 12.9. The summed E-state index contributed by atoms with van der Waals surface area (Å²) in [6, 6.07) is 15.4. The van der Waals surface area contributed by atoms with Crippen LogP contribution in [0.1, 0.15) is 19.7 Å². The van der Waals surface area contributed by atoms with Gasteiger partial charge in [0, 0.05) is 11.4 Å². The van der Waals surface area contributed by atoms with E-state index in [9.17, 15) is 9.59 Å². The lowest BCUT2D eigenvalue weighted by molar-refractivity contribution is -0.130. The lowest BCUT2D eigenvalue weighted by Crippen LogP contribution is -2.52. The lowest BCUT2D eigenvalue weighted by atomic mass is 10.1. The molecule has 27 heavy (non-hydrogen) atoms. The van der Waals surface area contributed by atoms with Gasteiger partial charge >= 0.3 is 0 Å². The number of carbonyl (C=O) groups is 2. The number of nitrogens with one attached hydrogen (secondary N) is 2. The Kier molecular flexibility index (Phi) is 4.39. The number of anilines is 1. The zero-order valence-corrected chi connectivity index (χ0v) is 16.0. The number of benzene rings is 2. The van der Waals surface area contributed by atoms with E-state index in [4.69, 9.17) is 0 Å². The summed E-state index contributed by atoms with van der Waals surface area (Å²) in [6.45, 7) is 4.72. The second-order valence-corrected chi connectivity index (χ2v) is 7.99. The van der Waals surface area contributed by atoms with Crippen molar-refractivity contribution < 1.29 is 9.59 Å². The summed E-state index contributed by atoms with van der Waals surface area (Å²) in [7, 11) is 0. The molecule has 138 valence electrons. The molecule has 3 aromatic rings. The molecule has 1 aliphatic heterocycles. The first-order chi connectivity index (χ1) is 13.0. The minimum absolute atomic E-state index is 0.270. The molecule has 0 radical (unpaired) electrons. The van der Waals surface area contributed by atoms with Gasteiger partial charge in [-0.05, 0) is 38.1 Å². The van der Waals surface area contributed by atoms with Crippen LogP contribution in [0.25, 0.3) is 11.0 Å². The van der Waals surface area contributed by atoms with E-state index in [1.807, 2.05) is 55.5 Å². The molecule has 7 heteroatoms. The van der Waals surface area contributed by atoms with Crippen molar-refractivity contribution in [3.63, 3.8) is 0 Å². The van der Waals surface area contributed by atoms with Crippen LogP contribution in [0, 0.1) is 0 Å². The molecular weight excluding hydrogens is 360 g/mol. The number of imidazole rings is 1. The van der Waals surface area contributed by atoms with Gasteiger partial charge in [-0.15, -0.1) is 0 Å². The van der Waals surface area contributed by atoms with Gasteiger partial charge in [0.25, 0.3) is 0 Å². The SMILES string of the molecule is CCn1c(CNC(=O)C2(C)Sc3ccccc3NC2=O)nc2ccccc21. The molecule has 1 aliphatic rings. The fraction of sp³-hybridized carbons (Fsp3) is 0.250. The molecule has 1 unspecified atom stereocenters. The van der Waals surface area contributed by atoms with Crippen molar-refractivity contribution in [2.24, 2.45) is 0 Å². The van der Waals surface area contributed by atoms with Gasteiger partial charge in [0.05, 0.1) is 23.3 Å². The number of para-hydroxylation sites is 3. The average Bonchev–Trinajstić information content (AvgIpc) is 3.04. The highest BCUT2D eigenvalue weighted by atomic mass is 32.2. The Balaban J connectivity index is 1.55. The summed E-state index contributed by atoms with van der Waals surface area (Å²) in [5.41, 5.74) is 2.67. The molecule has 2 heterocycles. The highest BCUT2D eigenvalue weighted by Gasteiger charge is 2.45. The summed E-state index contributed by atoms with van der Waals surface area (Å²) in [5.74, 6) is 0.138. The van der Waals surface area contributed by atoms with Crippen LogP contribution in [-0.2, 0) is 22.7 Å². The molecule has 0 aliphatic carbocycles. The Morgan fingerprint density at radius 2 is 1.96 bits per heavy atom. The topological polar surface area (TPSA) is 76.0 Å². The van der Waals surface area contributed by atoms with Crippen LogP contribution in [0.4, 0.5) is 5.69 Å². The molecule has 2 amide bonds. The second-order valence-electron chi connectivity index (χ2n) is 6.53. The van der Waals surface area contributed by atoms with E-state index in [2.05, 4.69) is 20.2 Å². The van der Waals surface area contributed by atoms with E-state index in [0.717, 1.165) is 34.0 Å². The first-order valence-electron chi connectivity index (χ1n) is 8.85. The first-order valence-corrected chi connectivity index (χ1v) is 9.66. The van der Waals surface area contributed by atoms with Gasteiger partial charge in [-0.3, -0.25) is 9.59 Å². The molecule has 1 atom stereocenters. The quantitative estimate of drug-likeness (QED) is 0.682. The fourth-order valence-corrected chi connectivity index (χ4v) is 4.38. The van der Waals surface area contributed by atoms with Crippen LogP contribution in [0.3, 0.4) is 0 Å². The van der Waals surface area contributed by atoms with Crippen molar-refractivity contribution >= 4 is 40.3 Å². The minimum Gasteiger partial charge on any atom is -0.347 e. The molecule has 1 aromatic heterocycles. The highest BCUT2D eigenvalue weighted by molar-refractivity contribution is 8.02. The third kappa shape index (κ3) is 2.98. The molecule has 2 N–H and O–H groups in total. The van der Waals surface area contributed by atoms with E-state index < -0.39 is 4.75 Å². The van der Waals surface area contributed by atoms with Gasteiger partial charge in [0.1, 0.15) is 5.82 Å². The monoisotopic (exact) mass is 380 g/mol. The molecule has 6 nitrogen and oxygen atoms in total. The third-order valence-corrected chi connectivity index (χ3v) is 6.13. The average molecular weight is 380 g/mol. The number of carbonyl (C=O) groups excluding carboxylic acids is 2. The van der Waals surface area contributed by atoms with Gasteiger partial charge in [-0.2, -0.15) is 0 Å². The van der Waals surface area contributed by atoms with Gasteiger partial charge < -0.3 is 15.2 Å². The molecule has 0 saturated carbocycles. The highest BCUT2D eigenvalue weighted by Crippen LogP contribution is 2.42. The van der Waals surface area contributed by atoms with Crippen molar-refractivity contribution in [3.05, 3.63) is 54.4 Å².